The maximum atomic E-state index is 12.5. The lowest BCUT2D eigenvalue weighted by Crippen LogP contribution is -2.42. The second-order valence-corrected chi connectivity index (χ2v) is 8.01. The van der Waals surface area contributed by atoms with Gasteiger partial charge in [-0.25, -0.2) is 13.1 Å². The molecule has 0 aliphatic heterocycles. The molecule has 1 aromatic carbocycles. The number of aryl methyl sites for hydroxylation is 3. The number of hydrogen-bond donors (Lipinski definition) is 2. The first-order chi connectivity index (χ1) is 10.6. The Kier molecular flexibility index (Phi) is 4.98. The van der Waals surface area contributed by atoms with E-state index in [4.69, 9.17) is 4.42 Å². The highest BCUT2D eigenvalue weighted by atomic mass is 32.2. The predicted octanol–water partition coefficient (Wildman–Crippen LogP) is 2.48. The third kappa shape index (κ3) is 4.43. The van der Waals surface area contributed by atoms with Gasteiger partial charge in [-0.15, -0.1) is 0 Å². The SMILES string of the molecule is Cc1cc(C)c(S(=O)(=O)NC[C@@](C)(O)Cc2ccco2)cc1C. The van der Waals surface area contributed by atoms with Gasteiger partial charge in [0.15, 0.2) is 0 Å². The van der Waals surface area contributed by atoms with Crippen LogP contribution in [-0.2, 0) is 16.4 Å². The predicted molar refractivity (Wildman–Crippen MR) is 88.9 cm³/mol. The molecular formula is C17H23NO4S. The van der Waals surface area contributed by atoms with E-state index < -0.39 is 15.6 Å². The Morgan fingerprint density at radius 1 is 1.17 bits per heavy atom. The average Bonchev–Trinajstić information content (AvgIpc) is 2.93. The molecule has 0 spiro atoms. The molecule has 1 atom stereocenters. The summed E-state index contributed by atoms with van der Waals surface area (Å²) in [6, 6.07) is 6.99. The van der Waals surface area contributed by atoms with Crippen molar-refractivity contribution in [2.24, 2.45) is 0 Å². The fourth-order valence-corrected chi connectivity index (χ4v) is 3.87. The van der Waals surface area contributed by atoms with Gasteiger partial charge in [0.05, 0.1) is 16.8 Å². The first kappa shape index (κ1) is 17.7. The lowest BCUT2D eigenvalue weighted by atomic mass is 10.0. The number of sulfonamides is 1. The van der Waals surface area contributed by atoms with Crippen molar-refractivity contribution >= 4 is 10.0 Å². The Balaban J connectivity index is 2.14. The summed E-state index contributed by atoms with van der Waals surface area (Å²) in [4.78, 5) is 0.245. The Morgan fingerprint density at radius 3 is 2.43 bits per heavy atom. The Hall–Kier alpha value is -1.63. The summed E-state index contributed by atoms with van der Waals surface area (Å²) in [6.07, 6.45) is 1.75. The van der Waals surface area contributed by atoms with Crippen LogP contribution in [-0.4, -0.2) is 25.7 Å². The highest BCUT2D eigenvalue weighted by Crippen LogP contribution is 2.21. The molecule has 2 aromatic rings. The van der Waals surface area contributed by atoms with E-state index >= 15 is 0 Å². The van der Waals surface area contributed by atoms with Crippen LogP contribution in [0.5, 0.6) is 0 Å². The van der Waals surface area contributed by atoms with Gasteiger partial charge >= 0.3 is 0 Å². The molecule has 0 saturated carbocycles. The van der Waals surface area contributed by atoms with Gasteiger partial charge in [0.2, 0.25) is 10.0 Å². The largest absolute Gasteiger partial charge is 0.469 e. The van der Waals surface area contributed by atoms with Crippen LogP contribution < -0.4 is 4.72 Å². The lowest BCUT2D eigenvalue weighted by Gasteiger charge is -2.23. The summed E-state index contributed by atoms with van der Waals surface area (Å²) < 4.78 is 32.7. The molecule has 2 N–H and O–H groups in total. The van der Waals surface area contributed by atoms with Crippen LogP contribution in [0.2, 0.25) is 0 Å². The molecule has 1 aromatic heterocycles. The third-order valence-electron chi connectivity index (χ3n) is 3.86. The van der Waals surface area contributed by atoms with Crippen molar-refractivity contribution in [3.63, 3.8) is 0 Å². The van der Waals surface area contributed by atoms with Gasteiger partial charge in [-0.2, -0.15) is 0 Å². The molecule has 0 radical (unpaired) electrons. The first-order valence-electron chi connectivity index (χ1n) is 7.43. The Bertz CT molecular complexity index is 777. The maximum absolute atomic E-state index is 12.5. The number of hydrogen-bond acceptors (Lipinski definition) is 4. The van der Waals surface area contributed by atoms with Gasteiger partial charge in [0.25, 0.3) is 0 Å². The van der Waals surface area contributed by atoms with Crippen molar-refractivity contribution in [3.8, 4) is 0 Å². The molecular weight excluding hydrogens is 314 g/mol. The van der Waals surface area contributed by atoms with E-state index in [1.807, 2.05) is 19.9 Å². The molecule has 0 fully saturated rings. The van der Waals surface area contributed by atoms with Crippen LogP contribution in [0.25, 0.3) is 0 Å². The van der Waals surface area contributed by atoms with E-state index in [-0.39, 0.29) is 17.9 Å². The number of nitrogens with one attached hydrogen (secondary N) is 1. The molecule has 0 amide bonds. The second kappa shape index (κ2) is 6.47. The normalized spacial score (nSPS) is 14.7. The van der Waals surface area contributed by atoms with Crippen LogP contribution in [0.15, 0.2) is 39.8 Å². The number of benzene rings is 1. The summed E-state index contributed by atoms with van der Waals surface area (Å²) in [5.41, 5.74) is 1.41. The van der Waals surface area contributed by atoms with Crippen molar-refractivity contribution in [1.82, 2.24) is 4.72 Å². The van der Waals surface area contributed by atoms with E-state index in [0.29, 0.717) is 11.3 Å². The summed E-state index contributed by atoms with van der Waals surface area (Å²) >= 11 is 0. The van der Waals surface area contributed by atoms with Crippen LogP contribution in [0.1, 0.15) is 29.4 Å². The van der Waals surface area contributed by atoms with Crippen molar-refractivity contribution in [2.45, 2.75) is 44.6 Å². The number of rotatable bonds is 6. The van der Waals surface area contributed by atoms with E-state index in [1.54, 1.807) is 32.0 Å². The average molecular weight is 337 g/mol. The molecule has 2 rings (SSSR count). The summed E-state index contributed by atoms with van der Waals surface area (Å²) in [7, 11) is -3.68. The van der Waals surface area contributed by atoms with Crippen molar-refractivity contribution in [3.05, 3.63) is 53.0 Å². The summed E-state index contributed by atoms with van der Waals surface area (Å²) in [5, 5.41) is 10.4. The van der Waals surface area contributed by atoms with E-state index in [1.165, 1.54) is 6.26 Å². The molecule has 1 heterocycles. The number of furan rings is 1. The van der Waals surface area contributed by atoms with Crippen LogP contribution in [0.4, 0.5) is 0 Å². The smallest absolute Gasteiger partial charge is 0.240 e. The molecule has 6 heteroatoms. The minimum absolute atomic E-state index is 0.0948. The standard InChI is InChI=1S/C17H23NO4S/c1-12-8-14(3)16(9-13(12)2)23(20,21)18-11-17(4,19)10-15-6-5-7-22-15/h5-9,18-19H,10-11H2,1-4H3/t17-/m0/s1. The summed E-state index contributed by atoms with van der Waals surface area (Å²) in [6.45, 7) is 7.07. The fourth-order valence-electron chi connectivity index (χ4n) is 2.40. The van der Waals surface area contributed by atoms with Gasteiger partial charge in [0.1, 0.15) is 5.76 Å². The third-order valence-corrected chi connectivity index (χ3v) is 5.40. The second-order valence-electron chi connectivity index (χ2n) is 6.28. The lowest BCUT2D eigenvalue weighted by molar-refractivity contribution is 0.0603. The minimum atomic E-state index is -3.68. The fraction of sp³-hybridized carbons (Fsp3) is 0.412. The van der Waals surface area contributed by atoms with Crippen molar-refractivity contribution < 1.29 is 17.9 Å². The van der Waals surface area contributed by atoms with E-state index in [2.05, 4.69) is 4.72 Å². The van der Waals surface area contributed by atoms with Crippen LogP contribution in [0.3, 0.4) is 0 Å². The van der Waals surface area contributed by atoms with Gasteiger partial charge in [-0.05, 0) is 62.6 Å². The molecule has 126 valence electrons. The summed E-state index contributed by atoms with van der Waals surface area (Å²) in [5.74, 6) is 0.608. The molecule has 0 aliphatic carbocycles. The van der Waals surface area contributed by atoms with Crippen molar-refractivity contribution in [2.75, 3.05) is 6.54 Å². The van der Waals surface area contributed by atoms with Gasteiger partial charge in [-0.1, -0.05) is 6.07 Å². The zero-order chi connectivity index (χ0) is 17.3. The molecule has 23 heavy (non-hydrogen) atoms. The number of aliphatic hydroxyl groups is 1. The Morgan fingerprint density at radius 2 is 1.83 bits per heavy atom. The van der Waals surface area contributed by atoms with Crippen LogP contribution >= 0.6 is 0 Å². The minimum Gasteiger partial charge on any atom is -0.469 e. The zero-order valence-electron chi connectivity index (χ0n) is 13.9. The monoisotopic (exact) mass is 337 g/mol. The van der Waals surface area contributed by atoms with Gasteiger partial charge < -0.3 is 9.52 Å². The topological polar surface area (TPSA) is 79.5 Å². The van der Waals surface area contributed by atoms with Gasteiger partial charge in [0, 0.05) is 13.0 Å². The molecule has 5 nitrogen and oxygen atoms in total. The molecule has 0 saturated heterocycles. The van der Waals surface area contributed by atoms with Crippen molar-refractivity contribution in [1.29, 1.82) is 0 Å². The maximum Gasteiger partial charge on any atom is 0.240 e. The molecule has 0 aliphatic rings. The highest BCUT2D eigenvalue weighted by molar-refractivity contribution is 7.89. The van der Waals surface area contributed by atoms with E-state index in [0.717, 1.165) is 11.1 Å². The molecule has 0 unspecified atom stereocenters. The van der Waals surface area contributed by atoms with Gasteiger partial charge in [-0.3, -0.25) is 0 Å². The zero-order valence-corrected chi connectivity index (χ0v) is 14.7. The Labute approximate surface area is 137 Å². The first-order valence-corrected chi connectivity index (χ1v) is 8.91. The highest BCUT2D eigenvalue weighted by Gasteiger charge is 2.26. The van der Waals surface area contributed by atoms with Crippen LogP contribution in [0, 0.1) is 20.8 Å². The van der Waals surface area contributed by atoms with E-state index in [9.17, 15) is 13.5 Å². The quantitative estimate of drug-likeness (QED) is 0.849. The molecule has 0 bridgehead atoms.